The summed E-state index contributed by atoms with van der Waals surface area (Å²) in [6.45, 7) is 7.30. The van der Waals surface area contributed by atoms with Gasteiger partial charge in [-0.05, 0) is 37.7 Å². The van der Waals surface area contributed by atoms with Crippen molar-refractivity contribution in [3.8, 4) is 11.3 Å². The van der Waals surface area contributed by atoms with Crippen LogP contribution in [0.1, 0.15) is 39.5 Å². The Balaban J connectivity index is 1.72. The molecule has 1 aliphatic carbocycles. The first-order valence-corrected chi connectivity index (χ1v) is 14.8. The molecule has 2 aliphatic rings. The van der Waals surface area contributed by atoms with Crippen molar-refractivity contribution in [3.63, 3.8) is 0 Å². The van der Waals surface area contributed by atoms with Crippen LogP contribution in [-0.2, 0) is 21.3 Å². The molecule has 2 fully saturated rings. The van der Waals surface area contributed by atoms with Crippen LogP contribution in [0.15, 0.2) is 24.5 Å². The van der Waals surface area contributed by atoms with E-state index in [4.69, 9.17) is 26.3 Å². The van der Waals surface area contributed by atoms with Gasteiger partial charge in [-0.15, -0.1) is 0 Å². The number of ether oxygens (including phenoxy) is 1. The molecule has 0 amide bonds. The molecular formula is C25H33ClN6O3S. The highest BCUT2D eigenvalue weighted by atomic mass is 35.5. The van der Waals surface area contributed by atoms with Gasteiger partial charge in [-0.25, -0.2) is 18.4 Å². The maximum absolute atomic E-state index is 12.1. The standard InChI is InChI=1S/C25H33ClN6O3S/c1-16-4-6-18(7-5-16)14-32-24-21(28-25(32)31-8-9-35-15-17(31)2)11-22(30-36(3,33)34)29-23(24)19-10-20(26)13-27-12-19/h10-13,16-18H,4-9,14-15H2,1-3H3,(H,29,30)/t16?,17-,18?/m1/s1. The van der Waals surface area contributed by atoms with Gasteiger partial charge in [0.2, 0.25) is 16.0 Å². The summed E-state index contributed by atoms with van der Waals surface area (Å²) in [5.74, 6) is 2.39. The Morgan fingerprint density at radius 1 is 1.14 bits per heavy atom. The molecule has 0 radical (unpaired) electrons. The predicted molar refractivity (Wildman–Crippen MR) is 143 cm³/mol. The van der Waals surface area contributed by atoms with Gasteiger partial charge in [0, 0.05) is 37.1 Å². The summed E-state index contributed by atoms with van der Waals surface area (Å²) in [6, 6.07) is 3.68. The molecule has 1 saturated carbocycles. The highest BCUT2D eigenvalue weighted by Crippen LogP contribution is 2.37. The first-order chi connectivity index (χ1) is 17.2. The topological polar surface area (TPSA) is 102 Å². The van der Waals surface area contributed by atoms with E-state index in [1.807, 2.05) is 0 Å². The number of rotatable bonds is 6. The SMILES string of the molecule is CC1CCC(Cn2c(N3CCOC[C@H]3C)nc3cc(NS(C)(=O)=O)nc(-c4cncc(Cl)c4)c32)CC1. The van der Waals surface area contributed by atoms with Gasteiger partial charge in [-0.3, -0.25) is 9.71 Å². The molecule has 1 aliphatic heterocycles. The van der Waals surface area contributed by atoms with E-state index in [1.165, 1.54) is 25.7 Å². The lowest BCUT2D eigenvalue weighted by Crippen LogP contribution is -2.45. The van der Waals surface area contributed by atoms with E-state index in [0.29, 0.717) is 40.9 Å². The number of anilines is 2. The maximum Gasteiger partial charge on any atom is 0.230 e. The van der Waals surface area contributed by atoms with E-state index in [0.717, 1.165) is 36.7 Å². The van der Waals surface area contributed by atoms with Crippen LogP contribution < -0.4 is 9.62 Å². The van der Waals surface area contributed by atoms with Gasteiger partial charge in [-0.2, -0.15) is 0 Å². The van der Waals surface area contributed by atoms with Crippen LogP contribution in [0.2, 0.25) is 5.02 Å². The molecule has 5 rings (SSSR count). The number of nitrogens with zero attached hydrogens (tertiary/aromatic N) is 5. The fraction of sp³-hybridized carbons (Fsp3) is 0.560. The number of hydrogen-bond acceptors (Lipinski definition) is 7. The summed E-state index contributed by atoms with van der Waals surface area (Å²) in [4.78, 5) is 16.4. The molecule has 11 heteroatoms. The molecule has 36 heavy (non-hydrogen) atoms. The monoisotopic (exact) mass is 532 g/mol. The maximum atomic E-state index is 12.1. The van der Waals surface area contributed by atoms with Gasteiger partial charge in [0.15, 0.2) is 0 Å². The third-order valence-corrected chi connectivity index (χ3v) is 7.96. The van der Waals surface area contributed by atoms with Crippen molar-refractivity contribution < 1.29 is 13.2 Å². The van der Waals surface area contributed by atoms with E-state index in [9.17, 15) is 8.42 Å². The van der Waals surface area contributed by atoms with Crippen molar-refractivity contribution in [2.45, 2.75) is 52.1 Å². The van der Waals surface area contributed by atoms with Crippen molar-refractivity contribution in [2.75, 3.05) is 35.6 Å². The Morgan fingerprint density at radius 3 is 2.61 bits per heavy atom. The minimum absolute atomic E-state index is 0.165. The summed E-state index contributed by atoms with van der Waals surface area (Å²) in [7, 11) is -3.53. The van der Waals surface area contributed by atoms with Crippen molar-refractivity contribution >= 4 is 44.4 Å². The molecule has 3 aromatic rings. The Morgan fingerprint density at radius 2 is 1.92 bits per heavy atom. The van der Waals surface area contributed by atoms with Crippen LogP contribution in [0, 0.1) is 11.8 Å². The average molecular weight is 533 g/mol. The predicted octanol–water partition coefficient (Wildman–Crippen LogP) is 4.57. The molecule has 194 valence electrons. The van der Waals surface area contributed by atoms with Gasteiger partial charge in [0.05, 0.1) is 41.6 Å². The minimum Gasteiger partial charge on any atom is -0.377 e. The van der Waals surface area contributed by atoms with Gasteiger partial charge in [-0.1, -0.05) is 31.4 Å². The molecule has 1 saturated heterocycles. The molecule has 0 bridgehead atoms. The number of hydrogen-bond donors (Lipinski definition) is 1. The number of aromatic nitrogens is 4. The minimum atomic E-state index is -3.53. The van der Waals surface area contributed by atoms with Crippen LogP contribution >= 0.6 is 11.6 Å². The van der Waals surface area contributed by atoms with Crippen molar-refractivity contribution in [2.24, 2.45) is 11.8 Å². The zero-order valence-corrected chi connectivity index (χ0v) is 22.5. The zero-order valence-electron chi connectivity index (χ0n) is 20.9. The number of sulfonamides is 1. The quantitative estimate of drug-likeness (QED) is 0.496. The first kappa shape index (κ1) is 25.2. The van der Waals surface area contributed by atoms with Crippen LogP contribution in [0.5, 0.6) is 0 Å². The lowest BCUT2D eigenvalue weighted by Gasteiger charge is -2.35. The molecule has 1 atom stereocenters. The molecule has 0 spiro atoms. The van der Waals surface area contributed by atoms with Crippen LogP contribution in [0.4, 0.5) is 11.8 Å². The summed E-state index contributed by atoms with van der Waals surface area (Å²) in [5.41, 5.74) is 2.87. The molecule has 0 unspecified atom stereocenters. The number of fused-ring (bicyclic) bond motifs is 1. The zero-order chi connectivity index (χ0) is 25.4. The third-order valence-electron chi connectivity index (χ3n) is 7.17. The highest BCUT2D eigenvalue weighted by Gasteiger charge is 2.29. The van der Waals surface area contributed by atoms with Crippen LogP contribution in [0.25, 0.3) is 22.3 Å². The Kier molecular flexibility index (Phi) is 7.11. The van der Waals surface area contributed by atoms with Gasteiger partial charge >= 0.3 is 0 Å². The number of pyridine rings is 2. The smallest absolute Gasteiger partial charge is 0.230 e. The van der Waals surface area contributed by atoms with E-state index in [1.54, 1.807) is 24.5 Å². The van der Waals surface area contributed by atoms with Gasteiger partial charge in [0.1, 0.15) is 11.5 Å². The molecule has 4 heterocycles. The van der Waals surface area contributed by atoms with Crippen molar-refractivity contribution in [1.82, 2.24) is 19.5 Å². The Labute approximate surface area is 217 Å². The highest BCUT2D eigenvalue weighted by molar-refractivity contribution is 7.92. The van der Waals surface area contributed by atoms with E-state index < -0.39 is 10.0 Å². The van der Waals surface area contributed by atoms with Crippen molar-refractivity contribution in [1.29, 1.82) is 0 Å². The van der Waals surface area contributed by atoms with Gasteiger partial charge in [0.25, 0.3) is 0 Å². The fourth-order valence-electron chi connectivity index (χ4n) is 5.32. The summed E-state index contributed by atoms with van der Waals surface area (Å²) >= 11 is 6.30. The summed E-state index contributed by atoms with van der Waals surface area (Å²) in [6.07, 6.45) is 9.20. The largest absolute Gasteiger partial charge is 0.377 e. The number of halogens is 1. The average Bonchev–Trinajstić information content (AvgIpc) is 3.17. The van der Waals surface area contributed by atoms with E-state index >= 15 is 0 Å². The number of imidazole rings is 1. The second kappa shape index (κ2) is 10.1. The fourth-order valence-corrected chi connectivity index (χ4v) is 5.97. The molecule has 1 N–H and O–H groups in total. The lowest BCUT2D eigenvalue weighted by molar-refractivity contribution is 0.0976. The number of morpholine rings is 1. The van der Waals surface area contributed by atoms with Crippen LogP contribution in [-0.4, -0.2) is 60.0 Å². The second-order valence-electron chi connectivity index (χ2n) is 10.3. The van der Waals surface area contributed by atoms with Crippen LogP contribution in [0.3, 0.4) is 0 Å². The number of nitrogens with one attached hydrogen (secondary N) is 1. The Bertz CT molecular complexity index is 1350. The summed E-state index contributed by atoms with van der Waals surface area (Å²) in [5, 5.41) is 0.485. The molecule has 9 nitrogen and oxygen atoms in total. The van der Waals surface area contributed by atoms with E-state index in [2.05, 4.69) is 33.0 Å². The van der Waals surface area contributed by atoms with Gasteiger partial charge < -0.3 is 14.2 Å². The first-order valence-electron chi connectivity index (χ1n) is 12.5. The van der Waals surface area contributed by atoms with Crippen molar-refractivity contribution in [3.05, 3.63) is 29.5 Å². The lowest BCUT2D eigenvalue weighted by atomic mass is 9.83. The normalized spacial score (nSPS) is 23.2. The second-order valence-corrected chi connectivity index (χ2v) is 12.4. The third kappa shape index (κ3) is 5.45. The summed E-state index contributed by atoms with van der Waals surface area (Å²) < 4.78 is 34.6. The molecule has 3 aromatic heterocycles. The Hall–Kier alpha value is -2.43. The molecule has 0 aromatic carbocycles. The molecular weight excluding hydrogens is 500 g/mol. The van der Waals surface area contributed by atoms with E-state index in [-0.39, 0.29) is 11.9 Å².